The van der Waals surface area contributed by atoms with Crippen LogP contribution >= 0.6 is 0 Å². The lowest BCUT2D eigenvalue weighted by molar-refractivity contribution is 0.414. The Morgan fingerprint density at radius 2 is 2.00 bits per heavy atom. The third-order valence-electron chi connectivity index (χ3n) is 3.36. The molecule has 1 fully saturated rings. The molecule has 6 heteroatoms. The van der Waals surface area contributed by atoms with E-state index < -0.39 is 10.0 Å². The summed E-state index contributed by atoms with van der Waals surface area (Å²) in [6.45, 7) is 0. The predicted molar refractivity (Wildman–Crippen MR) is 70.1 cm³/mol. The van der Waals surface area contributed by atoms with Crippen LogP contribution in [0.25, 0.3) is 0 Å². The Morgan fingerprint density at radius 3 is 2.58 bits per heavy atom. The molecule has 102 valence electrons. The van der Waals surface area contributed by atoms with Crippen LogP contribution in [0.3, 0.4) is 0 Å². The number of nitrogens with one attached hydrogen (secondary N) is 1. The lowest BCUT2D eigenvalue weighted by atomic mass is 10.1. The molecule has 19 heavy (non-hydrogen) atoms. The maximum absolute atomic E-state index is 12.2. The number of ether oxygens (including phenoxy) is 1. The third kappa shape index (κ3) is 3.06. The van der Waals surface area contributed by atoms with Gasteiger partial charge in [0.05, 0.1) is 24.0 Å². The first-order chi connectivity index (χ1) is 9.06. The highest BCUT2D eigenvalue weighted by Crippen LogP contribution is 2.26. The summed E-state index contributed by atoms with van der Waals surface area (Å²) in [4.78, 5) is 0.192. The van der Waals surface area contributed by atoms with Crippen LogP contribution < -0.4 is 9.46 Å². The van der Waals surface area contributed by atoms with Crippen molar-refractivity contribution in [3.05, 3.63) is 24.3 Å². The fraction of sp³-hybridized carbons (Fsp3) is 0.462. The van der Waals surface area contributed by atoms with Gasteiger partial charge in [0.15, 0.2) is 0 Å². The van der Waals surface area contributed by atoms with Crippen LogP contribution in [0.4, 0.5) is 0 Å². The highest BCUT2D eigenvalue weighted by Gasteiger charge is 2.31. The Labute approximate surface area is 113 Å². The molecular formula is C13H16N2O3S. The Bertz CT molecular complexity index is 575. The summed E-state index contributed by atoms with van der Waals surface area (Å²) in [5.74, 6) is 0.378. The van der Waals surface area contributed by atoms with Crippen LogP contribution in [0.5, 0.6) is 5.75 Å². The fourth-order valence-electron chi connectivity index (χ4n) is 2.28. The number of hydrogen-bond donors (Lipinski definition) is 1. The van der Waals surface area contributed by atoms with Gasteiger partial charge in [-0.3, -0.25) is 0 Å². The van der Waals surface area contributed by atoms with E-state index in [0.717, 1.165) is 12.8 Å². The van der Waals surface area contributed by atoms with Crippen molar-refractivity contribution in [3.8, 4) is 11.8 Å². The molecule has 1 aromatic rings. The first-order valence-corrected chi connectivity index (χ1v) is 7.61. The van der Waals surface area contributed by atoms with E-state index in [1.54, 1.807) is 12.1 Å². The summed E-state index contributed by atoms with van der Waals surface area (Å²) in [5, 5.41) is 8.97. The predicted octanol–water partition coefficient (Wildman–Crippen LogP) is 1.67. The van der Waals surface area contributed by atoms with Gasteiger partial charge in [-0.15, -0.1) is 0 Å². The van der Waals surface area contributed by atoms with Gasteiger partial charge >= 0.3 is 0 Å². The van der Waals surface area contributed by atoms with Crippen molar-refractivity contribution in [1.29, 1.82) is 5.26 Å². The van der Waals surface area contributed by atoms with Gasteiger partial charge in [0.1, 0.15) is 5.75 Å². The third-order valence-corrected chi connectivity index (χ3v) is 4.86. The van der Waals surface area contributed by atoms with Crippen molar-refractivity contribution in [3.63, 3.8) is 0 Å². The minimum Gasteiger partial charge on any atom is -0.497 e. The van der Waals surface area contributed by atoms with E-state index in [2.05, 4.69) is 10.8 Å². The number of sulfonamides is 1. The zero-order valence-corrected chi connectivity index (χ0v) is 11.5. The van der Waals surface area contributed by atoms with Gasteiger partial charge < -0.3 is 4.74 Å². The van der Waals surface area contributed by atoms with Crippen molar-refractivity contribution in [2.24, 2.45) is 5.92 Å². The minimum atomic E-state index is -3.57. The second kappa shape index (κ2) is 5.59. The number of hydrogen-bond acceptors (Lipinski definition) is 4. The average molecular weight is 280 g/mol. The van der Waals surface area contributed by atoms with E-state index in [1.165, 1.54) is 19.2 Å². The average Bonchev–Trinajstić information content (AvgIpc) is 2.85. The molecule has 0 amide bonds. The molecule has 0 bridgehead atoms. The zero-order chi connectivity index (χ0) is 13.9. The summed E-state index contributed by atoms with van der Waals surface area (Å²) >= 11 is 0. The molecule has 0 spiro atoms. The van der Waals surface area contributed by atoms with E-state index >= 15 is 0 Å². The van der Waals surface area contributed by atoms with E-state index in [1.807, 2.05) is 0 Å². The minimum absolute atomic E-state index is 0.192. The van der Waals surface area contributed by atoms with E-state index in [4.69, 9.17) is 10.00 Å². The normalized spacial score (nSPS) is 22.9. The topological polar surface area (TPSA) is 79.2 Å². The van der Waals surface area contributed by atoms with Crippen molar-refractivity contribution in [2.45, 2.75) is 30.2 Å². The molecule has 0 aromatic heterocycles. The van der Waals surface area contributed by atoms with Crippen LogP contribution in [-0.2, 0) is 10.0 Å². The standard InChI is InChI=1S/C13H16N2O3S/c1-18-11-5-7-12(8-6-11)19(16,17)15-13-4-2-3-10(13)9-14/h5-8,10,13,15H,2-4H2,1H3. The first-order valence-electron chi connectivity index (χ1n) is 6.13. The number of rotatable bonds is 4. The van der Waals surface area contributed by atoms with Crippen molar-refractivity contribution in [2.75, 3.05) is 7.11 Å². The lowest BCUT2D eigenvalue weighted by Crippen LogP contribution is -2.36. The van der Waals surface area contributed by atoms with Crippen LogP contribution in [0.15, 0.2) is 29.2 Å². The molecule has 1 saturated carbocycles. The van der Waals surface area contributed by atoms with Gasteiger partial charge in [-0.25, -0.2) is 13.1 Å². The summed E-state index contributed by atoms with van der Waals surface area (Å²) in [6, 6.07) is 8.08. The van der Waals surface area contributed by atoms with E-state index in [0.29, 0.717) is 12.2 Å². The van der Waals surface area contributed by atoms with Crippen molar-refractivity contribution >= 4 is 10.0 Å². The Hall–Kier alpha value is -1.58. The highest BCUT2D eigenvalue weighted by atomic mass is 32.2. The summed E-state index contributed by atoms with van der Waals surface area (Å²) in [7, 11) is -2.04. The van der Waals surface area contributed by atoms with Crippen LogP contribution in [-0.4, -0.2) is 21.6 Å². The maximum atomic E-state index is 12.2. The lowest BCUT2D eigenvalue weighted by Gasteiger charge is -2.15. The number of methoxy groups -OCH3 is 1. The maximum Gasteiger partial charge on any atom is 0.240 e. The molecule has 0 radical (unpaired) electrons. The molecule has 0 aliphatic heterocycles. The molecule has 1 aromatic carbocycles. The highest BCUT2D eigenvalue weighted by molar-refractivity contribution is 7.89. The van der Waals surface area contributed by atoms with Gasteiger partial charge in [-0.1, -0.05) is 6.42 Å². The molecule has 1 aliphatic carbocycles. The van der Waals surface area contributed by atoms with Crippen LogP contribution in [0, 0.1) is 17.2 Å². The molecular weight excluding hydrogens is 264 g/mol. The molecule has 2 unspecified atom stereocenters. The van der Waals surface area contributed by atoms with E-state index in [9.17, 15) is 8.42 Å². The Kier molecular flexibility index (Phi) is 4.08. The van der Waals surface area contributed by atoms with Gasteiger partial charge in [-0.2, -0.15) is 5.26 Å². The Morgan fingerprint density at radius 1 is 1.32 bits per heavy atom. The Balaban J connectivity index is 2.15. The van der Waals surface area contributed by atoms with Gasteiger partial charge in [-0.05, 0) is 37.1 Å². The molecule has 0 saturated heterocycles. The number of benzene rings is 1. The number of nitriles is 1. The summed E-state index contributed by atoms with van der Waals surface area (Å²) in [6.07, 6.45) is 2.36. The van der Waals surface area contributed by atoms with Gasteiger partial charge in [0.25, 0.3) is 0 Å². The zero-order valence-electron chi connectivity index (χ0n) is 10.7. The molecule has 2 atom stereocenters. The first kappa shape index (κ1) is 13.8. The van der Waals surface area contributed by atoms with Crippen LogP contribution in [0.2, 0.25) is 0 Å². The van der Waals surface area contributed by atoms with E-state index in [-0.39, 0.29) is 16.9 Å². The van der Waals surface area contributed by atoms with Crippen molar-refractivity contribution in [1.82, 2.24) is 4.72 Å². The van der Waals surface area contributed by atoms with Crippen molar-refractivity contribution < 1.29 is 13.2 Å². The number of nitrogens with zero attached hydrogens (tertiary/aromatic N) is 1. The molecule has 1 aliphatic rings. The fourth-order valence-corrected chi connectivity index (χ4v) is 3.59. The summed E-state index contributed by atoms with van der Waals surface area (Å²) < 4.78 is 32.0. The largest absolute Gasteiger partial charge is 0.497 e. The second-order valence-electron chi connectivity index (χ2n) is 4.57. The second-order valence-corrected chi connectivity index (χ2v) is 6.28. The van der Waals surface area contributed by atoms with Gasteiger partial charge in [0.2, 0.25) is 10.0 Å². The summed E-state index contributed by atoms with van der Waals surface area (Å²) in [5.41, 5.74) is 0. The van der Waals surface area contributed by atoms with Gasteiger partial charge in [0, 0.05) is 6.04 Å². The molecule has 0 heterocycles. The molecule has 2 rings (SSSR count). The van der Waals surface area contributed by atoms with Crippen LogP contribution in [0.1, 0.15) is 19.3 Å². The quantitative estimate of drug-likeness (QED) is 0.909. The molecule has 5 nitrogen and oxygen atoms in total. The smallest absolute Gasteiger partial charge is 0.240 e. The molecule has 1 N–H and O–H groups in total. The SMILES string of the molecule is COc1ccc(S(=O)(=O)NC2CCCC2C#N)cc1. The monoisotopic (exact) mass is 280 g/mol.